The SMILES string of the molecule is CO[C@@H](C(=O)NS(=O)(=O)Cc1ccc(Cl)nc1)c1ccccc1. The largest absolute Gasteiger partial charge is 0.367 e. The number of hydrogen-bond acceptors (Lipinski definition) is 5. The number of carbonyl (C=O) groups excluding carboxylic acids is 1. The third kappa shape index (κ3) is 5.02. The highest BCUT2D eigenvalue weighted by molar-refractivity contribution is 7.89. The Hall–Kier alpha value is -1.96. The number of rotatable bonds is 6. The lowest BCUT2D eigenvalue weighted by molar-refractivity contribution is -0.129. The number of carbonyl (C=O) groups is 1. The van der Waals surface area contributed by atoms with Gasteiger partial charge in [0.1, 0.15) is 5.15 Å². The van der Waals surface area contributed by atoms with Gasteiger partial charge in [-0.2, -0.15) is 0 Å². The van der Waals surface area contributed by atoms with Gasteiger partial charge in [-0.1, -0.05) is 48.0 Å². The Morgan fingerprint density at radius 1 is 1.26 bits per heavy atom. The number of benzene rings is 1. The third-order valence-corrected chi connectivity index (χ3v) is 4.43. The summed E-state index contributed by atoms with van der Waals surface area (Å²) in [6, 6.07) is 11.6. The van der Waals surface area contributed by atoms with Crippen LogP contribution in [0.3, 0.4) is 0 Å². The summed E-state index contributed by atoms with van der Waals surface area (Å²) in [4.78, 5) is 16.0. The number of pyridine rings is 1. The molecule has 0 unspecified atom stereocenters. The first-order valence-corrected chi connectivity index (χ1v) is 8.67. The van der Waals surface area contributed by atoms with E-state index in [4.69, 9.17) is 16.3 Å². The minimum Gasteiger partial charge on any atom is -0.367 e. The Balaban J connectivity index is 2.09. The molecule has 0 spiro atoms. The number of nitrogens with one attached hydrogen (secondary N) is 1. The lowest BCUT2D eigenvalue weighted by Gasteiger charge is -2.15. The van der Waals surface area contributed by atoms with Gasteiger partial charge < -0.3 is 4.74 Å². The molecule has 6 nitrogen and oxygen atoms in total. The van der Waals surface area contributed by atoms with Crippen LogP contribution in [0.15, 0.2) is 48.7 Å². The molecule has 1 aromatic heterocycles. The number of halogens is 1. The summed E-state index contributed by atoms with van der Waals surface area (Å²) in [7, 11) is -2.53. The molecule has 0 bridgehead atoms. The average molecular weight is 355 g/mol. The highest BCUT2D eigenvalue weighted by Gasteiger charge is 2.24. The van der Waals surface area contributed by atoms with E-state index in [1.807, 2.05) is 4.72 Å². The van der Waals surface area contributed by atoms with Crippen LogP contribution in [0.2, 0.25) is 5.15 Å². The topological polar surface area (TPSA) is 85.4 Å². The molecule has 1 aromatic carbocycles. The molecule has 122 valence electrons. The predicted octanol–water partition coefficient (Wildman–Crippen LogP) is 2.07. The third-order valence-electron chi connectivity index (χ3n) is 2.98. The van der Waals surface area contributed by atoms with Gasteiger partial charge in [-0.3, -0.25) is 9.52 Å². The monoisotopic (exact) mass is 354 g/mol. The van der Waals surface area contributed by atoms with Crippen LogP contribution < -0.4 is 4.72 Å². The van der Waals surface area contributed by atoms with E-state index in [0.717, 1.165) is 0 Å². The summed E-state index contributed by atoms with van der Waals surface area (Å²) in [5.41, 5.74) is 0.985. The van der Waals surface area contributed by atoms with Crippen LogP contribution in [0.25, 0.3) is 0 Å². The standard InChI is InChI=1S/C15H15ClN2O4S/c1-22-14(12-5-3-2-4-6-12)15(19)18-23(20,21)10-11-7-8-13(16)17-9-11/h2-9,14H,10H2,1H3,(H,18,19)/t14-/m1/s1. The summed E-state index contributed by atoms with van der Waals surface area (Å²) in [5.74, 6) is -1.13. The molecule has 0 saturated carbocycles. The van der Waals surface area contributed by atoms with Crippen molar-refractivity contribution in [1.29, 1.82) is 0 Å². The zero-order valence-electron chi connectivity index (χ0n) is 12.3. The molecule has 1 N–H and O–H groups in total. The first-order valence-electron chi connectivity index (χ1n) is 6.64. The minimum absolute atomic E-state index is 0.263. The van der Waals surface area contributed by atoms with E-state index in [9.17, 15) is 13.2 Å². The number of ether oxygens (including phenoxy) is 1. The van der Waals surface area contributed by atoms with Crippen molar-refractivity contribution in [2.45, 2.75) is 11.9 Å². The lowest BCUT2D eigenvalue weighted by atomic mass is 10.1. The fourth-order valence-corrected chi connectivity index (χ4v) is 3.18. The zero-order valence-corrected chi connectivity index (χ0v) is 13.8. The fraction of sp³-hybridized carbons (Fsp3) is 0.200. The molecule has 0 radical (unpaired) electrons. The molecule has 0 aliphatic rings. The van der Waals surface area contributed by atoms with Gasteiger partial charge in [0.05, 0.1) is 5.75 Å². The maximum Gasteiger partial charge on any atom is 0.267 e. The van der Waals surface area contributed by atoms with Crippen molar-refractivity contribution in [2.24, 2.45) is 0 Å². The number of sulfonamides is 1. The van der Waals surface area contributed by atoms with Crippen LogP contribution in [-0.4, -0.2) is 26.4 Å². The first kappa shape index (κ1) is 17.4. The van der Waals surface area contributed by atoms with Crippen LogP contribution in [0.4, 0.5) is 0 Å². The van der Waals surface area contributed by atoms with E-state index in [1.165, 1.54) is 25.4 Å². The number of hydrogen-bond donors (Lipinski definition) is 1. The van der Waals surface area contributed by atoms with Crippen molar-refractivity contribution < 1.29 is 17.9 Å². The molecule has 1 amide bonds. The second-order valence-electron chi connectivity index (χ2n) is 4.74. The van der Waals surface area contributed by atoms with E-state index in [0.29, 0.717) is 11.1 Å². The number of amides is 1. The van der Waals surface area contributed by atoms with E-state index < -0.39 is 22.0 Å². The average Bonchev–Trinajstić information content (AvgIpc) is 2.50. The van der Waals surface area contributed by atoms with Gasteiger partial charge in [-0.15, -0.1) is 0 Å². The molecule has 23 heavy (non-hydrogen) atoms. The summed E-state index contributed by atoms with van der Waals surface area (Å²) < 4.78 is 31.3. The van der Waals surface area contributed by atoms with Gasteiger partial charge in [0.15, 0.2) is 6.10 Å². The Morgan fingerprint density at radius 2 is 1.96 bits per heavy atom. The van der Waals surface area contributed by atoms with Crippen LogP contribution in [0.5, 0.6) is 0 Å². The smallest absolute Gasteiger partial charge is 0.267 e. The molecule has 2 rings (SSSR count). The molecule has 0 aliphatic carbocycles. The van der Waals surface area contributed by atoms with Crippen molar-refractivity contribution in [3.05, 3.63) is 64.9 Å². The first-order chi connectivity index (χ1) is 10.9. The van der Waals surface area contributed by atoms with Gasteiger partial charge in [-0.25, -0.2) is 13.4 Å². The number of methoxy groups -OCH3 is 1. The quantitative estimate of drug-likeness (QED) is 0.802. The van der Waals surface area contributed by atoms with Crippen molar-refractivity contribution in [3.63, 3.8) is 0 Å². The van der Waals surface area contributed by atoms with Crippen molar-refractivity contribution in [2.75, 3.05) is 7.11 Å². The van der Waals surface area contributed by atoms with Crippen molar-refractivity contribution in [3.8, 4) is 0 Å². The molecule has 1 heterocycles. The highest BCUT2D eigenvalue weighted by atomic mass is 35.5. The van der Waals surface area contributed by atoms with Gasteiger partial charge in [0, 0.05) is 13.3 Å². The molecule has 0 saturated heterocycles. The van der Waals surface area contributed by atoms with Crippen LogP contribution in [0.1, 0.15) is 17.2 Å². The molecule has 2 aromatic rings. The summed E-state index contributed by atoms with van der Waals surface area (Å²) in [5, 5.41) is 0.263. The van der Waals surface area contributed by atoms with Gasteiger partial charge in [0.25, 0.3) is 5.91 Å². The van der Waals surface area contributed by atoms with Crippen LogP contribution >= 0.6 is 11.6 Å². The lowest BCUT2D eigenvalue weighted by Crippen LogP contribution is -2.36. The predicted molar refractivity (Wildman–Crippen MR) is 86.2 cm³/mol. The van der Waals surface area contributed by atoms with Gasteiger partial charge in [-0.05, 0) is 17.2 Å². The Morgan fingerprint density at radius 3 is 2.52 bits per heavy atom. The molecule has 0 aliphatic heterocycles. The molecule has 1 atom stereocenters. The van der Waals surface area contributed by atoms with E-state index >= 15 is 0 Å². The van der Waals surface area contributed by atoms with E-state index in [1.54, 1.807) is 30.3 Å². The minimum atomic E-state index is -3.87. The fourth-order valence-electron chi connectivity index (χ4n) is 1.98. The maximum absolute atomic E-state index is 12.2. The second-order valence-corrected chi connectivity index (χ2v) is 6.85. The molecule has 8 heteroatoms. The Bertz CT molecular complexity index is 764. The second kappa shape index (κ2) is 7.54. The van der Waals surface area contributed by atoms with E-state index in [2.05, 4.69) is 4.98 Å². The molecule has 0 fully saturated rings. The van der Waals surface area contributed by atoms with E-state index in [-0.39, 0.29) is 10.9 Å². The normalized spacial score (nSPS) is 12.6. The molecular formula is C15H15ClN2O4S. The summed E-state index contributed by atoms with van der Waals surface area (Å²) in [6.45, 7) is 0. The Labute approximate surface area is 139 Å². The van der Waals surface area contributed by atoms with Crippen LogP contribution in [-0.2, 0) is 25.3 Å². The zero-order chi connectivity index (χ0) is 16.9. The van der Waals surface area contributed by atoms with Gasteiger partial charge in [0.2, 0.25) is 10.0 Å². The maximum atomic E-state index is 12.2. The highest BCUT2D eigenvalue weighted by Crippen LogP contribution is 2.17. The number of nitrogens with zero attached hydrogens (tertiary/aromatic N) is 1. The van der Waals surface area contributed by atoms with Crippen molar-refractivity contribution >= 4 is 27.5 Å². The molecular weight excluding hydrogens is 340 g/mol. The van der Waals surface area contributed by atoms with Gasteiger partial charge >= 0.3 is 0 Å². The number of aromatic nitrogens is 1. The van der Waals surface area contributed by atoms with Crippen LogP contribution in [0, 0.1) is 0 Å². The van der Waals surface area contributed by atoms with Crippen molar-refractivity contribution in [1.82, 2.24) is 9.71 Å². The summed E-state index contributed by atoms with van der Waals surface area (Å²) in [6.07, 6.45) is 0.339. The Kier molecular flexibility index (Phi) is 5.70. The summed E-state index contributed by atoms with van der Waals surface area (Å²) >= 11 is 5.65.